The molecule has 0 bridgehead atoms. The van der Waals surface area contributed by atoms with E-state index in [1.807, 2.05) is 18.2 Å². The minimum Gasteiger partial charge on any atom is -0.294 e. The average molecular weight is 263 g/mol. The highest BCUT2D eigenvalue weighted by Gasteiger charge is 2.11. The van der Waals surface area contributed by atoms with E-state index >= 15 is 0 Å². The van der Waals surface area contributed by atoms with Crippen LogP contribution < -0.4 is 0 Å². The van der Waals surface area contributed by atoms with Crippen LogP contribution in [0.25, 0.3) is 0 Å². The van der Waals surface area contributed by atoms with Crippen molar-refractivity contribution < 1.29 is 4.79 Å². The molecule has 2 aromatic rings. The molecule has 0 spiro atoms. The Balaban J connectivity index is 2.10. The number of aromatic nitrogens is 2. The molecule has 18 heavy (non-hydrogen) atoms. The summed E-state index contributed by atoms with van der Waals surface area (Å²) in [5.41, 5.74) is 1.50. The Hall–Kier alpha value is -1.61. The second-order valence-corrected chi connectivity index (χ2v) is 4.59. The molecule has 3 nitrogen and oxygen atoms in total. The quantitative estimate of drug-likeness (QED) is 0.775. The molecule has 0 aliphatic rings. The van der Waals surface area contributed by atoms with Crippen LogP contribution in [0.2, 0.25) is 5.02 Å². The van der Waals surface area contributed by atoms with Crippen LogP contribution in [0.1, 0.15) is 29.3 Å². The maximum Gasteiger partial charge on any atom is 0.170 e. The van der Waals surface area contributed by atoms with E-state index < -0.39 is 0 Å². The van der Waals surface area contributed by atoms with Crippen LogP contribution in [0.5, 0.6) is 0 Å². The lowest BCUT2D eigenvalue weighted by Gasteiger charge is -2.01. The summed E-state index contributed by atoms with van der Waals surface area (Å²) in [6.07, 6.45) is 4.73. The number of halogens is 1. The minimum atomic E-state index is 0.0467. The summed E-state index contributed by atoms with van der Waals surface area (Å²) in [4.78, 5) is 12.1. The van der Waals surface area contributed by atoms with E-state index in [1.165, 1.54) is 0 Å². The molecule has 1 aromatic carbocycles. The molecule has 0 amide bonds. The van der Waals surface area contributed by atoms with Gasteiger partial charge in [-0.1, -0.05) is 36.7 Å². The molecule has 0 radical (unpaired) electrons. The predicted molar refractivity (Wildman–Crippen MR) is 72.0 cm³/mol. The highest BCUT2D eigenvalue weighted by Crippen LogP contribution is 2.17. The average Bonchev–Trinajstić information content (AvgIpc) is 2.81. The Labute approximate surface area is 111 Å². The van der Waals surface area contributed by atoms with E-state index in [9.17, 15) is 4.79 Å². The fraction of sp³-hybridized carbons (Fsp3) is 0.286. The molecule has 1 aromatic heterocycles. The number of aryl methyl sites for hydroxylation is 1. The van der Waals surface area contributed by atoms with Gasteiger partial charge in [-0.2, -0.15) is 5.10 Å². The summed E-state index contributed by atoms with van der Waals surface area (Å²) in [5, 5.41) is 4.79. The summed E-state index contributed by atoms with van der Waals surface area (Å²) < 4.78 is 1.79. The third kappa shape index (κ3) is 2.99. The van der Waals surface area contributed by atoms with E-state index in [0.29, 0.717) is 17.0 Å². The molecule has 2 rings (SSSR count). The van der Waals surface area contributed by atoms with Gasteiger partial charge in [-0.25, -0.2) is 0 Å². The molecular formula is C14H15ClN2O. The zero-order chi connectivity index (χ0) is 13.0. The number of carbonyl (C=O) groups excluding carboxylic acids is 1. The number of benzene rings is 1. The van der Waals surface area contributed by atoms with E-state index in [1.54, 1.807) is 23.1 Å². The number of hydrogen-bond acceptors (Lipinski definition) is 2. The summed E-state index contributed by atoms with van der Waals surface area (Å²) >= 11 is 6.04. The first kappa shape index (κ1) is 12.8. The second-order valence-electron chi connectivity index (χ2n) is 4.18. The summed E-state index contributed by atoms with van der Waals surface area (Å²) in [6, 6.07) is 7.41. The molecule has 4 heteroatoms. The van der Waals surface area contributed by atoms with Gasteiger partial charge in [0.15, 0.2) is 5.78 Å². The third-order valence-corrected chi connectivity index (χ3v) is 3.09. The second kappa shape index (κ2) is 5.83. The van der Waals surface area contributed by atoms with E-state index in [0.717, 1.165) is 18.5 Å². The van der Waals surface area contributed by atoms with Crippen molar-refractivity contribution in [3.63, 3.8) is 0 Å². The van der Waals surface area contributed by atoms with Gasteiger partial charge in [-0.15, -0.1) is 0 Å². The van der Waals surface area contributed by atoms with Gasteiger partial charge in [-0.3, -0.25) is 9.48 Å². The molecular weight excluding hydrogens is 248 g/mol. The van der Waals surface area contributed by atoms with Gasteiger partial charge < -0.3 is 0 Å². The first-order chi connectivity index (χ1) is 8.70. The number of ketones is 1. The molecule has 0 N–H and O–H groups in total. The van der Waals surface area contributed by atoms with Crippen LogP contribution in [0.3, 0.4) is 0 Å². The Morgan fingerprint density at radius 2 is 2.17 bits per heavy atom. The van der Waals surface area contributed by atoms with Gasteiger partial charge >= 0.3 is 0 Å². The zero-order valence-electron chi connectivity index (χ0n) is 10.3. The van der Waals surface area contributed by atoms with E-state index in [-0.39, 0.29) is 5.78 Å². The van der Waals surface area contributed by atoms with Crippen molar-refractivity contribution in [2.45, 2.75) is 26.3 Å². The van der Waals surface area contributed by atoms with Crippen LogP contribution >= 0.6 is 11.6 Å². The van der Waals surface area contributed by atoms with Crippen LogP contribution in [0.4, 0.5) is 0 Å². The van der Waals surface area contributed by atoms with Gasteiger partial charge in [0.25, 0.3) is 0 Å². The molecule has 94 valence electrons. The molecule has 0 aliphatic carbocycles. The lowest BCUT2D eigenvalue weighted by Crippen LogP contribution is -2.03. The normalized spacial score (nSPS) is 10.6. The van der Waals surface area contributed by atoms with Crippen molar-refractivity contribution in [3.05, 3.63) is 52.8 Å². The lowest BCUT2D eigenvalue weighted by molar-refractivity contribution is 0.0993. The van der Waals surface area contributed by atoms with Crippen molar-refractivity contribution in [1.82, 2.24) is 9.78 Å². The Bertz CT molecular complexity index is 548. The molecule has 0 aliphatic heterocycles. The Morgan fingerprint density at radius 3 is 2.89 bits per heavy atom. The SMILES string of the molecule is CCCn1cc(C(=O)Cc2ccccc2Cl)cn1. The van der Waals surface area contributed by atoms with Gasteiger partial charge in [-0.05, 0) is 18.1 Å². The largest absolute Gasteiger partial charge is 0.294 e. The topological polar surface area (TPSA) is 34.9 Å². The predicted octanol–water partition coefficient (Wildman–Crippen LogP) is 3.37. The van der Waals surface area contributed by atoms with Crippen molar-refractivity contribution in [3.8, 4) is 0 Å². The molecule has 1 heterocycles. The van der Waals surface area contributed by atoms with Crippen LogP contribution in [0, 0.1) is 0 Å². The standard InChI is InChI=1S/C14H15ClN2O/c1-2-7-17-10-12(9-16-17)14(18)8-11-5-3-4-6-13(11)15/h3-6,9-10H,2,7-8H2,1H3. The Kier molecular flexibility index (Phi) is 4.15. The number of hydrogen-bond donors (Lipinski definition) is 0. The molecule has 0 fully saturated rings. The maximum absolute atomic E-state index is 12.1. The highest BCUT2D eigenvalue weighted by molar-refractivity contribution is 6.31. The summed E-state index contributed by atoms with van der Waals surface area (Å²) in [6.45, 7) is 2.91. The number of carbonyl (C=O) groups is 1. The number of Topliss-reactive ketones (excluding diaryl/α,β-unsaturated/α-hetero) is 1. The third-order valence-electron chi connectivity index (χ3n) is 2.72. The Morgan fingerprint density at radius 1 is 1.39 bits per heavy atom. The van der Waals surface area contributed by atoms with Crippen LogP contribution in [0.15, 0.2) is 36.7 Å². The zero-order valence-corrected chi connectivity index (χ0v) is 11.0. The van der Waals surface area contributed by atoms with Gasteiger partial charge in [0, 0.05) is 24.2 Å². The minimum absolute atomic E-state index is 0.0467. The smallest absolute Gasteiger partial charge is 0.170 e. The maximum atomic E-state index is 12.1. The van der Waals surface area contributed by atoms with E-state index in [4.69, 9.17) is 11.6 Å². The fourth-order valence-electron chi connectivity index (χ4n) is 1.78. The van der Waals surface area contributed by atoms with Gasteiger partial charge in [0.05, 0.1) is 11.8 Å². The van der Waals surface area contributed by atoms with Crippen molar-refractivity contribution in [2.75, 3.05) is 0 Å². The summed E-state index contributed by atoms with van der Waals surface area (Å²) in [5.74, 6) is 0.0467. The lowest BCUT2D eigenvalue weighted by atomic mass is 10.1. The number of rotatable bonds is 5. The van der Waals surface area contributed by atoms with Gasteiger partial charge in [0.2, 0.25) is 0 Å². The summed E-state index contributed by atoms with van der Waals surface area (Å²) in [7, 11) is 0. The molecule has 0 saturated heterocycles. The first-order valence-corrected chi connectivity index (χ1v) is 6.37. The monoisotopic (exact) mass is 262 g/mol. The highest BCUT2D eigenvalue weighted by atomic mass is 35.5. The molecule has 0 saturated carbocycles. The van der Waals surface area contributed by atoms with Crippen molar-refractivity contribution in [2.24, 2.45) is 0 Å². The van der Waals surface area contributed by atoms with Crippen LogP contribution in [-0.2, 0) is 13.0 Å². The van der Waals surface area contributed by atoms with Crippen molar-refractivity contribution >= 4 is 17.4 Å². The fourth-order valence-corrected chi connectivity index (χ4v) is 1.98. The first-order valence-electron chi connectivity index (χ1n) is 5.99. The van der Waals surface area contributed by atoms with E-state index in [2.05, 4.69) is 12.0 Å². The number of nitrogens with zero attached hydrogens (tertiary/aromatic N) is 2. The van der Waals surface area contributed by atoms with Gasteiger partial charge in [0.1, 0.15) is 0 Å². The molecule has 0 unspecified atom stereocenters. The molecule has 0 atom stereocenters. The van der Waals surface area contributed by atoms with Crippen molar-refractivity contribution in [1.29, 1.82) is 0 Å². The van der Waals surface area contributed by atoms with Crippen LogP contribution in [-0.4, -0.2) is 15.6 Å².